The first-order valence-electron chi connectivity index (χ1n) is 13.4. The smallest absolute Gasteiger partial charge is 0.136 e. The van der Waals surface area contributed by atoms with Gasteiger partial charge in [-0.25, -0.2) is 0 Å². The van der Waals surface area contributed by atoms with Crippen molar-refractivity contribution in [1.29, 1.82) is 0 Å². The largest absolute Gasteiger partial charge is 0.457 e. The molecule has 0 aliphatic carbocycles. The van der Waals surface area contributed by atoms with Crippen LogP contribution in [0.2, 0.25) is 0 Å². The first-order valence-corrected chi connectivity index (χ1v) is 13.4. The van der Waals surface area contributed by atoms with Crippen LogP contribution in [0.1, 0.15) is 25.0 Å². The molecule has 0 radical (unpaired) electrons. The minimum atomic E-state index is -0.121. The van der Waals surface area contributed by atoms with E-state index in [-0.39, 0.29) is 5.41 Å². The van der Waals surface area contributed by atoms with Crippen LogP contribution < -0.4 is 4.74 Å². The molecule has 1 aliphatic heterocycles. The van der Waals surface area contributed by atoms with Gasteiger partial charge in [-0.05, 0) is 63.4 Å². The van der Waals surface area contributed by atoms with E-state index in [0.29, 0.717) is 0 Å². The number of fused-ring (bicyclic) bond motifs is 6. The van der Waals surface area contributed by atoms with Gasteiger partial charge in [0.15, 0.2) is 0 Å². The fourth-order valence-electron chi connectivity index (χ4n) is 6.32. The van der Waals surface area contributed by atoms with Crippen molar-refractivity contribution in [1.82, 2.24) is 0 Å². The molecule has 0 unspecified atom stereocenters. The monoisotopic (exact) mass is 502 g/mol. The third kappa shape index (κ3) is 3.28. The number of ether oxygens (including phenoxy) is 1. The molecule has 39 heavy (non-hydrogen) atoms. The summed E-state index contributed by atoms with van der Waals surface area (Å²) in [6, 6.07) is 43.0. The Kier molecular flexibility index (Phi) is 4.60. The maximum Gasteiger partial charge on any atom is 0.136 e. The molecule has 2 heteroatoms. The van der Waals surface area contributed by atoms with Gasteiger partial charge in [-0.1, -0.05) is 105 Å². The van der Waals surface area contributed by atoms with Crippen LogP contribution in [0, 0.1) is 0 Å². The molecule has 7 aromatic rings. The standard InChI is InChI=1S/C37H26O2/c1-37(2)31-12-6-8-14-34(31)39-36-22-24(16-20-32(36)37)26-19-18-25(27-9-3-4-10-28(26)27)23-15-17-30-29-11-5-7-13-33(29)38-35(30)21-23/h3-22H,1-2H3. The van der Waals surface area contributed by atoms with E-state index in [4.69, 9.17) is 9.15 Å². The Morgan fingerprint density at radius 3 is 1.85 bits per heavy atom. The highest BCUT2D eigenvalue weighted by molar-refractivity contribution is 6.09. The highest BCUT2D eigenvalue weighted by Crippen LogP contribution is 2.49. The number of hydrogen-bond acceptors (Lipinski definition) is 2. The van der Waals surface area contributed by atoms with Crippen molar-refractivity contribution in [3.05, 3.63) is 132 Å². The van der Waals surface area contributed by atoms with E-state index in [2.05, 4.69) is 117 Å². The molecule has 0 fully saturated rings. The van der Waals surface area contributed by atoms with Gasteiger partial charge in [0.05, 0.1) is 0 Å². The summed E-state index contributed by atoms with van der Waals surface area (Å²) >= 11 is 0. The fourth-order valence-corrected chi connectivity index (χ4v) is 6.32. The zero-order chi connectivity index (χ0) is 26.1. The molecule has 0 N–H and O–H groups in total. The van der Waals surface area contributed by atoms with Crippen LogP contribution in [0.5, 0.6) is 11.5 Å². The van der Waals surface area contributed by atoms with E-state index >= 15 is 0 Å². The van der Waals surface area contributed by atoms with Gasteiger partial charge in [-0.2, -0.15) is 0 Å². The van der Waals surface area contributed by atoms with Crippen LogP contribution in [0.4, 0.5) is 0 Å². The number of para-hydroxylation sites is 2. The normalized spacial score (nSPS) is 13.8. The lowest BCUT2D eigenvalue weighted by molar-refractivity contribution is 0.418. The highest BCUT2D eigenvalue weighted by atomic mass is 16.5. The Balaban J connectivity index is 1.27. The molecule has 0 saturated heterocycles. The van der Waals surface area contributed by atoms with Crippen LogP contribution in [0.3, 0.4) is 0 Å². The fraction of sp³-hybridized carbons (Fsp3) is 0.0811. The molecule has 2 heterocycles. The summed E-state index contributed by atoms with van der Waals surface area (Å²) in [5, 5.41) is 4.73. The zero-order valence-corrected chi connectivity index (χ0v) is 21.9. The molecule has 6 aromatic carbocycles. The van der Waals surface area contributed by atoms with Gasteiger partial charge in [0.1, 0.15) is 22.7 Å². The predicted molar refractivity (Wildman–Crippen MR) is 161 cm³/mol. The second kappa shape index (κ2) is 8.09. The molecular formula is C37H26O2. The van der Waals surface area contributed by atoms with Crippen LogP contribution in [0.15, 0.2) is 126 Å². The summed E-state index contributed by atoms with van der Waals surface area (Å²) in [6.07, 6.45) is 0. The molecule has 1 aliphatic rings. The van der Waals surface area contributed by atoms with E-state index in [9.17, 15) is 0 Å². The van der Waals surface area contributed by atoms with Gasteiger partial charge in [0, 0.05) is 27.3 Å². The van der Waals surface area contributed by atoms with Gasteiger partial charge < -0.3 is 9.15 Å². The Hall–Kier alpha value is -4.82. The van der Waals surface area contributed by atoms with Gasteiger partial charge in [0.2, 0.25) is 0 Å². The van der Waals surface area contributed by atoms with Crippen molar-refractivity contribution in [3.63, 3.8) is 0 Å². The van der Waals surface area contributed by atoms with Crippen molar-refractivity contribution < 1.29 is 9.15 Å². The number of hydrogen-bond donors (Lipinski definition) is 0. The molecule has 0 amide bonds. The average molecular weight is 503 g/mol. The van der Waals surface area contributed by atoms with E-state index in [1.54, 1.807) is 0 Å². The minimum absolute atomic E-state index is 0.121. The summed E-state index contributed by atoms with van der Waals surface area (Å²) < 4.78 is 12.6. The topological polar surface area (TPSA) is 22.4 Å². The predicted octanol–water partition coefficient (Wildman–Crippen LogP) is 10.5. The molecule has 0 atom stereocenters. The summed E-state index contributed by atoms with van der Waals surface area (Å²) in [7, 11) is 0. The molecule has 0 bridgehead atoms. The Morgan fingerprint density at radius 1 is 0.462 bits per heavy atom. The first kappa shape index (κ1) is 22.2. The lowest BCUT2D eigenvalue weighted by atomic mass is 9.75. The molecule has 0 spiro atoms. The molecule has 8 rings (SSSR count). The van der Waals surface area contributed by atoms with Gasteiger partial charge in [-0.15, -0.1) is 0 Å². The summed E-state index contributed by atoms with van der Waals surface area (Å²) in [6.45, 7) is 4.55. The van der Waals surface area contributed by atoms with Gasteiger partial charge in [-0.3, -0.25) is 0 Å². The SMILES string of the molecule is CC1(C)c2ccccc2Oc2cc(-c3ccc(-c4ccc5c(c4)oc4ccccc45)c4ccccc34)ccc21. The Bertz CT molecular complexity index is 2080. The minimum Gasteiger partial charge on any atom is -0.457 e. The van der Waals surface area contributed by atoms with E-state index in [0.717, 1.165) is 44.6 Å². The van der Waals surface area contributed by atoms with E-state index in [1.807, 2.05) is 18.2 Å². The first-order chi connectivity index (χ1) is 19.1. The quantitative estimate of drug-likeness (QED) is 0.235. The molecular weight excluding hydrogens is 476 g/mol. The van der Waals surface area contributed by atoms with E-state index < -0.39 is 0 Å². The number of benzene rings is 6. The third-order valence-corrected chi connectivity index (χ3v) is 8.36. The van der Waals surface area contributed by atoms with Gasteiger partial charge >= 0.3 is 0 Å². The summed E-state index contributed by atoms with van der Waals surface area (Å²) in [5.74, 6) is 1.87. The van der Waals surface area contributed by atoms with Crippen LogP contribution in [-0.2, 0) is 5.41 Å². The maximum absolute atomic E-state index is 6.44. The van der Waals surface area contributed by atoms with Crippen molar-refractivity contribution in [2.75, 3.05) is 0 Å². The van der Waals surface area contributed by atoms with E-state index in [1.165, 1.54) is 33.0 Å². The van der Waals surface area contributed by atoms with Crippen molar-refractivity contribution >= 4 is 32.7 Å². The van der Waals surface area contributed by atoms with Crippen molar-refractivity contribution in [2.24, 2.45) is 0 Å². The molecule has 2 nitrogen and oxygen atoms in total. The second-order valence-electron chi connectivity index (χ2n) is 10.9. The maximum atomic E-state index is 6.44. The summed E-state index contributed by atoms with van der Waals surface area (Å²) in [4.78, 5) is 0. The van der Waals surface area contributed by atoms with Gasteiger partial charge in [0.25, 0.3) is 0 Å². The van der Waals surface area contributed by atoms with Crippen molar-refractivity contribution in [3.8, 4) is 33.8 Å². The molecule has 186 valence electrons. The van der Waals surface area contributed by atoms with Crippen molar-refractivity contribution in [2.45, 2.75) is 19.3 Å². The zero-order valence-electron chi connectivity index (χ0n) is 21.9. The molecule has 0 saturated carbocycles. The Labute approximate surface area is 227 Å². The summed E-state index contributed by atoms with van der Waals surface area (Å²) in [5.41, 5.74) is 8.84. The number of rotatable bonds is 2. The van der Waals surface area contributed by atoms with Crippen LogP contribution in [-0.4, -0.2) is 0 Å². The second-order valence-corrected chi connectivity index (χ2v) is 10.9. The molecule has 1 aromatic heterocycles. The third-order valence-electron chi connectivity index (χ3n) is 8.36. The van der Waals surface area contributed by atoms with Crippen LogP contribution >= 0.6 is 0 Å². The highest BCUT2D eigenvalue weighted by Gasteiger charge is 2.34. The Morgan fingerprint density at radius 2 is 1.05 bits per heavy atom. The lowest BCUT2D eigenvalue weighted by Crippen LogP contribution is -2.24. The van der Waals surface area contributed by atoms with Crippen LogP contribution in [0.25, 0.3) is 55.0 Å². The number of furan rings is 1. The average Bonchev–Trinajstić information content (AvgIpc) is 3.34. The lowest BCUT2D eigenvalue weighted by Gasteiger charge is -2.34.